The van der Waals surface area contributed by atoms with Crippen molar-refractivity contribution in [2.75, 3.05) is 0 Å². The SMILES string of the molecule is CCc1ccc2cc(I)cnc2c1F. The molecule has 0 aliphatic heterocycles. The second kappa shape index (κ2) is 3.81. The summed E-state index contributed by atoms with van der Waals surface area (Å²) in [5, 5.41) is 0.867. The van der Waals surface area contributed by atoms with E-state index in [2.05, 4.69) is 27.6 Å². The second-order valence-electron chi connectivity index (χ2n) is 3.12. The number of rotatable bonds is 1. The molecule has 1 aromatic carbocycles. The van der Waals surface area contributed by atoms with Crippen LogP contribution in [0.2, 0.25) is 0 Å². The number of aryl methyl sites for hydroxylation is 1. The third-order valence-electron chi connectivity index (χ3n) is 2.22. The molecular weight excluding hydrogens is 292 g/mol. The number of nitrogens with zero attached hydrogens (tertiary/aromatic N) is 1. The summed E-state index contributed by atoms with van der Waals surface area (Å²) in [7, 11) is 0. The minimum Gasteiger partial charge on any atom is -0.252 e. The van der Waals surface area contributed by atoms with Crippen LogP contribution in [0, 0.1) is 9.39 Å². The lowest BCUT2D eigenvalue weighted by atomic mass is 10.1. The van der Waals surface area contributed by atoms with E-state index in [1.54, 1.807) is 6.20 Å². The lowest BCUT2D eigenvalue weighted by Crippen LogP contribution is -1.92. The fraction of sp³-hybridized carbons (Fsp3) is 0.182. The summed E-state index contributed by atoms with van der Waals surface area (Å²) in [6, 6.07) is 5.69. The van der Waals surface area contributed by atoms with Gasteiger partial charge in [0.05, 0.1) is 0 Å². The summed E-state index contributed by atoms with van der Waals surface area (Å²) in [6.07, 6.45) is 2.39. The minimum atomic E-state index is -0.179. The van der Waals surface area contributed by atoms with Gasteiger partial charge in [-0.1, -0.05) is 19.1 Å². The van der Waals surface area contributed by atoms with Crippen LogP contribution in [-0.2, 0) is 6.42 Å². The van der Waals surface area contributed by atoms with Crippen LogP contribution in [-0.4, -0.2) is 4.98 Å². The van der Waals surface area contributed by atoms with E-state index < -0.39 is 0 Å². The van der Waals surface area contributed by atoms with Gasteiger partial charge < -0.3 is 0 Å². The van der Waals surface area contributed by atoms with Crippen LogP contribution < -0.4 is 0 Å². The number of fused-ring (bicyclic) bond motifs is 1. The van der Waals surface area contributed by atoms with Gasteiger partial charge in [-0.3, -0.25) is 4.98 Å². The maximum absolute atomic E-state index is 13.7. The third kappa shape index (κ3) is 1.61. The van der Waals surface area contributed by atoms with E-state index in [0.29, 0.717) is 11.9 Å². The molecule has 72 valence electrons. The smallest absolute Gasteiger partial charge is 0.152 e. The van der Waals surface area contributed by atoms with Gasteiger partial charge in [-0.15, -0.1) is 0 Å². The van der Waals surface area contributed by atoms with E-state index in [4.69, 9.17) is 0 Å². The van der Waals surface area contributed by atoms with Crippen molar-refractivity contribution in [1.29, 1.82) is 0 Å². The predicted octanol–water partition coefficient (Wildman–Crippen LogP) is 3.54. The first-order valence-electron chi connectivity index (χ1n) is 4.45. The fourth-order valence-corrected chi connectivity index (χ4v) is 1.93. The molecule has 0 aliphatic carbocycles. The summed E-state index contributed by atoms with van der Waals surface area (Å²) in [4.78, 5) is 4.11. The molecule has 1 aromatic heterocycles. The number of hydrogen-bond donors (Lipinski definition) is 0. The number of hydrogen-bond acceptors (Lipinski definition) is 1. The average molecular weight is 301 g/mol. The molecule has 0 radical (unpaired) electrons. The van der Waals surface area contributed by atoms with Crippen molar-refractivity contribution >= 4 is 33.5 Å². The quantitative estimate of drug-likeness (QED) is 0.734. The number of halogens is 2. The fourth-order valence-electron chi connectivity index (χ4n) is 1.45. The Bertz CT molecular complexity index is 482. The lowest BCUT2D eigenvalue weighted by Gasteiger charge is -2.03. The summed E-state index contributed by atoms with van der Waals surface area (Å²) >= 11 is 2.17. The van der Waals surface area contributed by atoms with Gasteiger partial charge in [-0.2, -0.15) is 0 Å². The molecule has 14 heavy (non-hydrogen) atoms. The van der Waals surface area contributed by atoms with Crippen LogP contribution in [0.5, 0.6) is 0 Å². The number of benzene rings is 1. The van der Waals surface area contributed by atoms with E-state index in [1.807, 2.05) is 25.1 Å². The molecule has 0 saturated carbocycles. The lowest BCUT2D eigenvalue weighted by molar-refractivity contribution is 0.621. The molecular formula is C11H9FIN. The van der Waals surface area contributed by atoms with Gasteiger partial charge >= 0.3 is 0 Å². The van der Waals surface area contributed by atoms with Crippen molar-refractivity contribution in [3.63, 3.8) is 0 Å². The number of pyridine rings is 1. The van der Waals surface area contributed by atoms with Crippen LogP contribution in [0.1, 0.15) is 12.5 Å². The topological polar surface area (TPSA) is 12.9 Å². The molecule has 0 aliphatic rings. The monoisotopic (exact) mass is 301 g/mol. The van der Waals surface area contributed by atoms with Gasteiger partial charge in [0.1, 0.15) is 5.52 Å². The first kappa shape index (κ1) is 9.83. The summed E-state index contributed by atoms with van der Waals surface area (Å²) in [6.45, 7) is 1.94. The molecule has 0 amide bonds. The molecule has 0 bridgehead atoms. The van der Waals surface area contributed by atoms with E-state index in [9.17, 15) is 4.39 Å². The summed E-state index contributed by atoms with van der Waals surface area (Å²) < 4.78 is 14.8. The molecule has 0 atom stereocenters. The third-order valence-corrected chi connectivity index (χ3v) is 2.81. The summed E-state index contributed by atoms with van der Waals surface area (Å²) in [5.41, 5.74) is 1.20. The minimum absolute atomic E-state index is 0.179. The molecule has 2 rings (SSSR count). The average Bonchev–Trinajstić information content (AvgIpc) is 2.18. The highest BCUT2D eigenvalue weighted by Crippen LogP contribution is 2.20. The van der Waals surface area contributed by atoms with Crippen LogP contribution in [0.4, 0.5) is 4.39 Å². The van der Waals surface area contributed by atoms with Crippen molar-refractivity contribution in [1.82, 2.24) is 4.98 Å². The standard InChI is InChI=1S/C11H9FIN/c1-2-7-3-4-8-5-9(13)6-14-11(8)10(7)12/h3-6H,2H2,1H3. The van der Waals surface area contributed by atoms with Gasteiger partial charge in [0.15, 0.2) is 5.82 Å². The van der Waals surface area contributed by atoms with Crippen LogP contribution >= 0.6 is 22.6 Å². The molecule has 0 unspecified atom stereocenters. The molecule has 3 heteroatoms. The van der Waals surface area contributed by atoms with Crippen molar-refractivity contribution in [3.05, 3.63) is 39.3 Å². The highest BCUT2D eigenvalue weighted by atomic mass is 127. The first-order chi connectivity index (χ1) is 6.72. The Hall–Kier alpha value is -0.710. The maximum atomic E-state index is 13.7. The normalized spacial score (nSPS) is 10.8. The van der Waals surface area contributed by atoms with Crippen LogP contribution in [0.25, 0.3) is 10.9 Å². The molecule has 2 aromatic rings. The predicted molar refractivity (Wildman–Crippen MR) is 63.8 cm³/mol. The van der Waals surface area contributed by atoms with E-state index >= 15 is 0 Å². The van der Waals surface area contributed by atoms with E-state index in [0.717, 1.165) is 14.5 Å². The Morgan fingerprint density at radius 2 is 2.21 bits per heavy atom. The van der Waals surface area contributed by atoms with Crippen molar-refractivity contribution in [2.24, 2.45) is 0 Å². The zero-order valence-corrected chi connectivity index (χ0v) is 9.88. The van der Waals surface area contributed by atoms with E-state index in [-0.39, 0.29) is 5.82 Å². The van der Waals surface area contributed by atoms with Crippen molar-refractivity contribution in [2.45, 2.75) is 13.3 Å². The Morgan fingerprint density at radius 1 is 1.43 bits per heavy atom. The van der Waals surface area contributed by atoms with Crippen LogP contribution in [0.15, 0.2) is 24.4 Å². The zero-order valence-electron chi connectivity index (χ0n) is 7.72. The van der Waals surface area contributed by atoms with Crippen LogP contribution in [0.3, 0.4) is 0 Å². The van der Waals surface area contributed by atoms with E-state index in [1.165, 1.54) is 0 Å². The first-order valence-corrected chi connectivity index (χ1v) is 5.53. The largest absolute Gasteiger partial charge is 0.252 e. The molecule has 0 fully saturated rings. The van der Waals surface area contributed by atoms with Gasteiger partial charge in [-0.25, -0.2) is 4.39 Å². The Kier molecular flexibility index (Phi) is 2.67. The molecule has 1 heterocycles. The molecule has 0 spiro atoms. The van der Waals surface area contributed by atoms with Gasteiger partial charge in [-0.05, 0) is 40.6 Å². The second-order valence-corrected chi connectivity index (χ2v) is 4.36. The van der Waals surface area contributed by atoms with Gasteiger partial charge in [0, 0.05) is 15.2 Å². The highest BCUT2D eigenvalue weighted by molar-refractivity contribution is 14.1. The Labute approximate surface area is 95.5 Å². The molecule has 0 N–H and O–H groups in total. The van der Waals surface area contributed by atoms with Crippen molar-refractivity contribution < 1.29 is 4.39 Å². The molecule has 1 nitrogen and oxygen atoms in total. The highest BCUT2D eigenvalue weighted by Gasteiger charge is 2.06. The maximum Gasteiger partial charge on any atom is 0.152 e. The zero-order chi connectivity index (χ0) is 10.1. The van der Waals surface area contributed by atoms with Gasteiger partial charge in [0.25, 0.3) is 0 Å². The Balaban J connectivity index is 2.77. The summed E-state index contributed by atoms with van der Waals surface area (Å²) in [5.74, 6) is -0.179. The number of aromatic nitrogens is 1. The van der Waals surface area contributed by atoms with Gasteiger partial charge in [0.2, 0.25) is 0 Å². The molecule has 0 saturated heterocycles. The van der Waals surface area contributed by atoms with Crippen molar-refractivity contribution in [3.8, 4) is 0 Å². The Morgan fingerprint density at radius 3 is 2.93 bits per heavy atom.